The molecule has 2 unspecified atom stereocenters. The van der Waals surface area contributed by atoms with Crippen molar-refractivity contribution >= 4 is 21.5 Å². The molecule has 28 heavy (non-hydrogen) atoms. The van der Waals surface area contributed by atoms with Crippen molar-refractivity contribution in [3.63, 3.8) is 0 Å². The number of fused-ring (bicyclic) bond motifs is 3. The van der Waals surface area contributed by atoms with Gasteiger partial charge in [0.25, 0.3) is 0 Å². The maximum atomic E-state index is 8.95. The van der Waals surface area contributed by atoms with E-state index in [1.165, 1.54) is 21.5 Å². The molecule has 3 nitrogen and oxygen atoms in total. The maximum Gasteiger partial charge on any atom is 0.0536 e. The average Bonchev–Trinajstić information content (AvgIpc) is 2.78. The second kappa shape index (κ2) is 10.4. The number of benzene rings is 3. The molecule has 147 valence electrons. The summed E-state index contributed by atoms with van der Waals surface area (Å²) < 4.78 is 40.3. The molecule has 0 spiro atoms. The summed E-state index contributed by atoms with van der Waals surface area (Å²) in [6.07, 6.45) is -2.46. The minimum absolute atomic E-state index is 0. The Hall–Kier alpha value is -2.10. The monoisotopic (exact) mass is 557 g/mol. The van der Waals surface area contributed by atoms with Gasteiger partial charge in [0, 0.05) is 34.5 Å². The number of aromatic nitrogens is 1. The van der Waals surface area contributed by atoms with E-state index in [4.69, 9.17) is 18.4 Å². The fourth-order valence-corrected chi connectivity index (χ4v) is 2.82. The molecule has 0 amide bonds. The van der Waals surface area contributed by atoms with Crippen LogP contribution in [0.3, 0.4) is 0 Å². The van der Waals surface area contributed by atoms with Gasteiger partial charge >= 0.3 is 0 Å². The van der Waals surface area contributed by atoms with E-state index in [9.17, 15) is 0 Å². The third-order valence-corrected chi connectivity index (χ3v) is 4.06. The molecule has 0 aliphatic carbocycles. The first-order chi connectivity index (χ1) is 15.5. The molecule has 2 atom stereocenters. The molecule has 0 fully saturated rings. The summed E-state index contributed by atoms with van der Waals surface area (Å²) in [5, 5.41) is 22.9. The summed E-state index contributed by atoms with van der Waals surface area (Å²) in [5.74, 6) is 0. The van der Waals surface area contributed by atoms with Crippen molar-refractivity contribution in [3.05, 3.63) is 79.0 Å². The summed E-state index contributed by atoms with van der Waals surface area (Å²) in [6.45, 7) is -5.29. The van der Waals surface area contributed by atoms with E-state index in [2.05, 4.69) is 53.5 Å². The first-order valence-corrected chi connectivity index (χ1v) is 8.57. The Bertz CT molecular complexity index is 1200. The standard InChI is InChI=1S/C19H12N.C5H12O2.Ir/c1-2-6-17-14(5-1)8-9-15-10-11-16(13-18(15)17)19-7-3-4-12-20-19;1-4(6)3-5(2)7;/h1-10,12-13H;4-7H,3H2,1-2H3;/q-1;;/i;1D3,2D3;. The Labute approximate surface area is 187 Å². The van der Waals surface area contributed by atoms with E-state index in [1.54, 1.807) is 0 Å². The average molecular weight is 557 g/mol. The number of hydrogen-bond acceptors (Lipinski definition) is 3. The van der Waals surface area contributed by atoms with Gasteiger partial charge in [0.1, 0.15) is 0 Å². The van der Waals surface area contributed by atoms with Crippen LogP contribution in [0.5, 0.6) is 0 Å². The van der Waals surface area contributed by atoms with Crippen molar-refractivity contribution < 1.29 is 38.5 Å². The molecule has 4 rings (SSSR count). The van der Waals surface area contributed by atoms with Crippen LogP contribution in [0, 0.1) is 6.07 Å². The minimum atomic E-state index is -2.65. The van der Waals surface area contributed by atoms with E-state index in [1.807, 2.05) is 30.5 Å². The van der Waals surface area contributed by atoms with E-state index in [0.717, 1.165) is 11.3 Å². The molecule has 2 N–H and O–H groups in total. The van der Waals surface area contributed by atoms with E-state index < -0.39 is 32.3 Å². The zero-order valence-electron chi connectivity index (χ0n) is 21.0. The topological polar surface area (TPSA) is 53.4 Å². The fraction of sp³-hybridized carbons (Fsp3) is 0.208. The van der Waals surface area contributed by atoms with Crippen molar-refractivity contribution in [1.29, 1.82) is 0 Å². The second-order valence-electron chi connectivity index (χ2n) is 6.12. The number of aliphatic hydroxyl groups is 2. The van der Waals surface area contributed by atoms with Gasteiger partial charge in [-0.25, -0.2) is 0 Å². The van der Waals surface area contributed by atoms with Gasteiger partial charge in [-0.15, -0.1) is 23.8 Å². The summed E-state index contributed by atoms with van der Waals surface area (Å²) in [4.78, 5) is 4.40. The Kier molecular flexibility index (Phi) is 5.53. The molecule has 0 bridgehead atoms. The van der Waals surface area contributed by atoms with Crippen LogP contribution in [0.25, 0.3) is 32.8 Å². The normalized spacial score (nSPS) is 16.6. The molecule has 1 radical (unpaired) electrons. The van der Waals surface area contributed by atoms with Crippen LogP contribution in [0.4, 0.5) is 0 Å². The van der Waals surface area contributed by atoms with Crippen molar-refractivity contribution in [2.75, 3.05) is 0 Å². The number of pyridine rings is 1. The predicted octanol–water partition coefficient (Wildman–Crippen LogP) is 4.99. The van der Waals surface area contributed by atoms with Gasteiger partial charge in [-0.3, -0.25) is 0 Å². The van der Waals surface area contributed by atoms with Gasteiger partial charge in [-0.1, -0.05) is 59.3 Å². The molecule has 4 heteroatoms. The Balaban J connectivity index is 0.000000258. The molecule has 1 heterocycles. The molecular weight excluding hydrogens is 526 g/mol. The predicted molar refractivity (Wildman–Crippen MR) is 111 cm³/mol. The molecule has 0 aliphatic rings. The zero-order valence-corrected chi connectivity index (χ0v) is 17.4. The number of hydrogen-bond donors (Lipinski definition) is 2. The van der Waals surface area contributed by atoms with Crippen LogP contribution in [0.1, 0.15) is 28.3 Å². The van der Waals surface area contributed by atoms with Gasteiger partial charge in [0.2, 0.25) is 0 Å². The van der Waals surface area contributed by atoms with Crippen LogP contribution >= 0.6 is 0 Å². The smallest absolute Gasteiger partial charge is 0.0536 e. The molecule has 0 saturated carbocycles. The molecule has 0 saturated heterocycles. The summed E-state index contributed by atoms with van der Waals surface area (Å²) in [7, 11) is 0. The van der Waals surface area contributed by atoms with Crippen LogP contribution in [0.15, 0.2) is 72.9 Å². The van der Waals surface area contributed by atoms with Crippen LogP contribution in [0.2, 0.25) is 0 Å². The zero-order chi connectivity index (χ0) is 24.2. The van der Waals surface area contributed by atoms with Gasteiger partial charge < -0.3 is 15.2 Å². The Morgan fingerprint density at radius 3 is 2.36 bits per heavy atom. The van der Waals surface area contributed by atoms with Gasteiger partial charge in [-0.2, -0.15) is 0 Å². The fourth-order valence-electron chi connectivity index (χ4n) is 2.82. The Morgan fingerprint density at radius 1 is 0.929 bits per heavy atom. The van der Waals surface area contributed by atoms with E-state index in [0.29, 0.717) is 0 Å². The van der Waals surface area contributed by atoms with Gasteiger partial charge in [0.15, 0.2) is 0 Å². The molecule has 4 aromatic rings. The molecular formula is C24H24IrNO2-. The second-order valence-corrected chi connectivity index (χ2v) is 6.12. The molecule has 0 aliphatic heterocycles. The van der Waals surface area contributed by atoms with E-state index >= 15 is 0 Å². The van der Waals surface area contributed by atoms with Crippen LogP contribution in [-0.2, 0) is 20.1 Å². The minimum Gasteiger partial charge on any atom is -0.393 e. The number of rotatable bonds is 3. The molecule has 1 aromatic heterocycles. The summed E-state index contributed by atoms with van der Waals surface area (Å²) in [6, 6.07) is 26.3. The van der Waals surface area contributed by atoms with Crippen molar-refractivity contribution in [3.8, 4) is 11.3 Å². The SMILES string of the molecule is [2H]C([2H])([2H])C(O)CC(O)C([2H])([2H])[2H].[Ir].[c-]1cc2ccc3ccccc3c2cc1-c1ccccn1. The maximum absolute atomic E-state index is 8.95. The van der Waals surface area contributed by atoms with Crippen molar-refractivity contribution in [2.24, 2.45) is 0 Å². The first-order valence-electron chi connectivity index (χ1n) is 11.6. The van der Waals surface area contributed by atoms with Crippen LogP contribution < -0.4 is 0 Å². The van der Waals surface area contributed by atoms with E-state index in [-0.39, 0.29) is 20.1 Å². The van der Waals surface area contributed by atoms with Crippen molar-refractivity contribution in [2.45, 2.75) is 32.3 Å². The largest absolute Gasteiger partial charge is 0.393 e. The van der Waals surface area contributed by atoms with Gasteiger partial charge in [-0.05, 0) is 42.7 Å². The van der Waals surface area contributed by atoms with Crippen molar-refractivity contribution in [1.82, 2.24) is 4.98 Å². The summed E-state index contributed by atoms with van der Waals surface area (Å²) in [5.41, 5.74) is 2.00. The summed E-state index contributed by atoms with van der Waals surface area (Å²) >= 11 is 0. The third-order valence-electron chi connectivity index (χ3n) is 4.06. The number of aliphatic hydroxyl groups excluding tert-OH is 2. The quantitative estimate of drug-likeness (QED) is 0.276. The Morgan fingerprint density at radius 2 is 1.64 bits per heavy atom. The first kappa shape index (κ1) is 14.8. The van der Waals surface area contributed by atoms with Crippen LogP contribution in [-0.4, -0.2) is 27.4 Å². The van der Waals surface area contributed by atoms with Gasteiger partial charge in [0.05, 0.1) is 12.2 Å². The number of nitrogens with zero attached hydrogens (tertiary/aromatic N) is 1. The molecule has 3 aromatic carbocycles. The third kappa shape index (κ3) is 5.70.